The van der Waals surface area contributed by atoms with Crippen LogP contribution in [-0.4, -0.2) is 23.9 Å². The van der Waals surface area contributed by atoms with E-state index in [1.165, 1.54) is 11.9 Å². The first kappa shape index (κ1) is 14.9. The first-order valence-electron chi connectivity index (χ1n) is 7.20. The van der Waals surface area contributed by atoms with E-state index < -0.39 is 6.17 Å². The van der Waals surface area contributed by atoms with Gasteiger partial charge >= 0.3 is 0 Å². The van der Waals surface area contributed by atoms with Crippen molar-refractivity contribution in [2.75, 3.05) is 12.4 Å². The molecule has 0 saturated heterocycles. The van der Waals surface area contributed by atoms with Gasteiger partial charge in [-0.25, -0.2) is 5.01 Å². The Morgan fingerprint density at radius 1 is 1.17 bits per heavy atom. The van der Waals surface area contributed by atoms with Gasteiger partial charge in [-0.05, 0) is 29.8 Å². The largest absolute Gasteiger partial charge is 0.497 e. The summed E-state index contributed by atoms with van der Waals surface area (Å²) >= 11 is 0. The molecule has 0 aliphatic carbocycles. The zero-order chi connectivity index (χ0) is 16.4. The number of para-hydroxylation sites is 1. The van der Waals surface area contributed by atoms with Crippen LogP contribution in [0.1, 0.15) is 29.0 Å². The van der Waals surface area contributed by atoms with E-state index >= 15 is 0 Å². The summed E-state index contributed by atoms with van der Waals surface area (Å²) in [7, 11) is 1.59. The van der Waals surface area contributed by atoms with Crippen molar-refractivity contribution >= 4 is 17.5 Å². The van der Waals surface area contributed by atoms with Crippen molar-refractivity contribution in [3.8, 4) is 5.75 Å². The molecule has 1 aliphatic heterocycles. The lowest BCUT2D eigenvalue weighted by Gasteiger charge is -2.37. The average Bonchev–Trinajstić information content (AvgIpc) is 2.57. The van der Waals surface area contributed by atoms with Crippen LogP contribution in [0.3, 0.4) is 0 Å². The first-order valence-corrected chi connectivity index (χ1v) is 7.20. The Kier molecular flexibility index (Phi) is 3.89. The minimum atomic E-state index is -0.493. The van der Waals surface area contributed by atoms with E-state index in [1.807, 2.05) is 36.4 Å². The number of hydrogen-bond donors (Lipinski definition) is 2. The number of hydrazine groups is 1. The Bertz CT molecular complexity index is 743. The summed E-state index contributed by atoms with van der Waals surface area (Å²) in [6, 6.07) is 14.6. The molecule has 0 radical (unpaired) electrons. The molecule has 1 atom stereocenters. The fourth-order valence-electron chi connectivity index (χ4n) is 2.56. The number of nitrogens with one attached hydrogen (secondary N) is 2. The summed E-state index contributed by atoms with van der Waals surface area (Å²) in [5.41, 5.74) is 4.69. The summed E-state index contributed by atoms with van der Waals surface area (Å²) < 4.78 is 5.15. The Morgan fingerprint density at radius 2 is 1.87 bits per heavy atom. The molecule has 23 heavy (non-hydrogen) atoms. The van der Waals surface area contributed by atoms with Crippen LogP contribution in [0.4, 0.5) is 5.69 Å². The third-order valence-electron chi connectivity index (χ3n) is 3.64. The van der Waals surface area contributed by atoms with Crippen molar-refractivity contribution in [2.24, 2.45) is 0 Å². The fraction of sp³-hybridized carbons (Fsp3) is 0.176. The number of hydrogen-bond acceptors (Lipinski definition) is 4. The monoisotopic (exact) mass is 311 g/mol. The van der Waals surface area contributed by atoms with Crippen LogP contribution < -0.4 is 15.5 Å². The van der Waals surface area contributed by atoms with Gasteiger partial charge in [-0.2, -0.15) is 0 Å². The second-order valence-electron chi connectivity index (χ2n) is 5.21. The Labute approximate surface area is 134 Å². The summed E-state index contributed by atoms with van der Waals surface area (Å²) in [5, 5.41) is 4.60. The van der Waals surface area contributed by atoms with Crippen LogP contribution in [0.15, 0.2) is 48.5 Å². The molecular formula is C17H17N3O3. The van der Waals surface area contributed by atoms with Gasteiger partial charge in [0.1, 0.15) is 11.9 Å². The number of carbonyl (C=O) groups is 2. The van der Waals surface area contributed by atoms with Gasteiger partial charge in [-0.1, -0.05) is 24.3 Å². The van der Waals surface area contributed by atoms with Crippen molar-refractivity contribution in [2.45, 2.75) is 13.1 Å². The van der Waals surface area contributed by atoms with Gasteiger partial charge in [0.15, 0.2) is 0 Å². The molecule has 6 heteroatoms. The van der Waals surface area contributed by atoms with E-state index in [1.54, 1.807) is 19.2 Å². The molecule has 2 N–H and O–H groups in total. The highest BCUT2D eigenvalue weighted by molar-refractivity contribution is 6.02. The molecule has 3 rings (SSSR count). The quantitative estimate of drug-likeness (QED) is 0.912. The Morgan fingerprint density at radius 3 is 2.52 bits per heavy atom. The molecule has 0 saturated carbocycles. The number of nitrogens with zero attached hydrogens (tertiary/aromatic N) is 1. The topological polar surface area (TPSA) is 70.7 Å². The highest BCUT2D eigenvalue weighted by Crippen LogP contribution is 2.32. The van der Waals surface area contributed by atoms with Crippen LogP contribution in [0.2, 0.25) is 0 Å². The molecule has 0 spiro atoms. The van der Waals surface area contributed by atoms with Crippen molar-refractivity contribution in [3.05, 3.63) is 59.7 Å². The molecule has 2 aromatic carbocycles. The standard InChI is InChI=1S/C17H17N3O3/c1-11(21)19-20-16(12-7-9-13(23-2)10-8-12)18-15-6-4-3-5-14(15)17(20)22/h3-10,16,18H,1-2H3,(H,19,21). The van der Waals surface area contributed by atoms with Crippen LogP contribution in [0.25, 0.3) is 0 Å². The molecule has 118 valence electrons. The minimum absolute atomic E-state index is 0.254. The minimum Gasteiger partial charge on any atom is -0.497 e. The first-order chi connectivity index (χ1) is 11.1. The Balaban J connectivity index is 2.01. The van der Waals surface area contributed by atoms with Gasteiger partial charge in [0.05, 0.1) is 12.7 Å². The average molecular weight is 311 g/mol. The third-order valence-corrected chi connectivity index (χ3v) is 3.64. The number of fused-ring (bicyclic) bond motifs is 1. The van der Waals surface area contributed by atoms with E-state index in [9.17, 15) is 9.59 Å². The maximum absolute atomic E-state index is 12.7. The van der Waals surface area contributed by atoms with Crippen molar-refractivity contribution in [1.82, 2.24) is 10.4 Å². The molecule has 2 amide bonds. The number of rotatable bonds is 3. The lowest BCUT2D eigenvalue weighted by molar-refractivity contribution is -0.123. The summed E-state index contributed by atoms with van der Waals surface area (Å²) in [4.78, 5) is 24.2. The zero-order valence-corrected chi connectivity index (χ0v) is 12.9. The van der Waals surface area contributed by atoms with E-state index in [0.717, 1.165) is 17.0 Å². The van der Waals surface area contributed by atoms with Crippen molar-refractivity contribution in [1.29, 1.82) is 0 Å². The zero-order valence-electron chi connectivity index (χ0n) is 12.9. The number of amides is 2. The summed E-state index contributed by atoms with van der Waals surface area (Å²) in [6.45, 7) is 1.37. The number of anilines is 1. The molecule has 1 heterocycles. The van der Waals surface area contributed by atoms with Crippen molar-refractivity contribution in [3.63, 3.8) is 0 Å². The van der Waals surface area contributed by atoms with Crippen LogP contribution >= 0.6 is 0 Å². The third kappa shape index (κ3) is 2.83. The lowest BCUT2D eigenvalue weighted by atomic mass is 10.0. The van der Waals surface area contributed by atoms with E-state index in [-0.39, 0.29) is 11.8 Å². The lowest BCUT2D eigenvalue weighted by Crippen LogP contribution is -2.52. The van der Waals surface area contributed by atoms with Gasteiger partial charge in [-0.3, -0.25) is 15.0 Å². The molecule has 6 nitrogen and oxygen atoms in total. The van der Waals surface area contributed by atoms with Crippen LogP contribution in [0, 0.1) is 0 Å². The molecule has 2 aromatic rings. The van der Waals surface area contributed by atoms with Gasteiger partial charge in [0.25, 0.3) is 5.91 Å². The maximum atomic E-state index is 12.7. The van der Waals surface area contributed by atoms with E-state index in [0.29, 0.717) is 5.56 Å². The molecule has 1 unspecified atom stereocenters. The van der Waals surface area contributed by atoms with Crippen LogP contribution in [0.5, 0.6) is 5.75 Å². The predicted molar refractivity (Wildman–Crippen MR) is 85.8 cm³/mol. The number of carbonyl (C=O) groups excluding carboxylic acids is 2. The van der Waals surface area contributed by atoms with Gasteiger partial charge in [-0.15, -0.1) is 0 Å². The molecule has 0 bridgehead atoms. The molecular weight excluding hydrogens is 294 g/mol. The second kappa shape index (κ2) is 6.00. The summed E-state index contributed by atoms with van der Waals surface area (Å²) in [5.74, 6) is 0.163. The second-order valence-corrected chi connectivity index (χ2v) is 5.21. The SMILES string of the molecule is COc1ccc(C2Nc3ccccc3C(=O)N2NC(C)=O)cc1. The number of benzene rings is 2. The molecule has 0 aromatic heterocycles. The van der Waals surface area contributed by atoms with Gasteiger partial charge < -0.3 is 10.1 Å². The van der Waals surface area contributed by atoms with Crippen molar-refractivity contribution < 1.29 is 14.3 Å². The Hall–Kier alpha value is -3.02. The van der Waals surface area contributed by atoms with E-state index in [4.69, 9.17) is 4.74 Å². The predicted octanol–water partition coefficient (Wildman–Crippen LogP) is 2.31. The summed E-state index contributed by atoms with van der Waals surface area (Å²) in [6.07, 6.45) is -0.493. The highest BCUT2D eigenvalue weighted by Gasteiger charge is 2.33. The number of methoxy groups -OCH3 is 1. The molecule has 0 fully saturated rings. The smallest absolute Gasteiger partial charge is 0.276 e. The highest BCUT2D eigenvalue weighted by atomic mass is 16.5. The van der Waals surface area contributed by atoms with Crippen LogP contribution in [-0.2, 0) is 4.79 Å². The van der Waals surface area contributed by atoms with E-state index in [2.05, 4.69) is 10.7 Å². The van der Waals surface area contributed by atoms with Gasteiger partial charge in [0, 0.05) is 12.6 Å². The fourth-order valence-corrected chi connectivity index (χ4v) is 2.56. The normalized spacial score (nSPS) is 16.3. The number of ether oxygens (including phenoxy) is 1. The molecule has 1 aliphatic rings. The maximum Gasteiger partial charge on any atom is 0.276 e. The van der Waals surface area contributed by atoms with Gasteiger partial charge in [0.2, 0.25) is 5.91 Å².